The SMILES string of the molecule is COCCNS(=O)(=O)NCC(C)(C)N. The summed E-state index contributed by atoms with van der Waals surface area (Å²) in [5.41, 5.74) is 5.06. The van der Waals surface area contributed by atoms with Crippen molar-refractivity contribution in [2.45, 2.75) is 19.4 Å². The average molecular weight is 225 g/mol. The topological polar surface area (TPSA) is 93.4 Å². The zero-order chi connectivity index (χ0) is 11.2. The maximum Gasteiger partial charge on any atom is 0.277 e. The third kappa shape index (κ3) is 8.39. The third-order valence-electron chi connectivity index (χ3n) is 1.32. The van der Waals surface area contributed by atoms with Gasteiger partial charge in [-0.15, -0.1) is 0 Å². The van der Waals surface area contributed by atoms with Crippen molar-refractivity contribution < 1.29 is 13.2 Å². The standard InChI is InChI=1S/C7H19N3O3S/c1-7(2,8)6-10-14(11,12)9-4-5-13-3/h9-10H,4-6,8H2,1-3H3. The second-order valence-corrected chi connectivity index (χ2v) is 5.28. The van der Waals surface area contributed by atoms with E-state index in [0.29, 0.717) is 6.61 Å². The molecule has 7 heteroatoms. The van der Waals surface area contributed by atoms with Crippen molar-refractivity contribution in [1.82, 2.24) is 9.44 Å². The maximum atomic E-state index is 11.2. The Hall–Kier alpha value is -0.210. The van der Waals surface area contributed by atoms with Crippen molar-refractivity contribution in [2.24, 2.45) is 5.73 Å². The van der Waals surface area contributed by atoms with Crippen LogP contribution < -0.4 is 15.2 Å². The zero-order valence-electron chi connectivity index (χ0n) is 8.83. The van der Waals surface area contributed by atoms with Gasteiger partial charge in [0.05, 0.1) is 6.61 Å². The molecule has 0 aromatic rings. The zero-order valence-corrected chi connectivity index (χ0v) is 9.65. The normalized spacial score (nSPS) is 13.1. The molecule has 0 saturated heterocycles. The lowest BCUT2D eigenvalue weighted by Crippen LogP contribution is -2.48. The van der Waals surface area contributed by atoms with Crippen LogP contribution in [0.2, 0.25) is 0 Å². The van der Waals surface area contributed by atoms with Gasteiger partial charge in [0.2, 0.25) is 0 Å². The van der Waals surface area contributed by atoms with Gasteiger partial charge in [0.15, 0.2) is 0 Å². The van der Waals surface area contributed by atoms with Crippen molar-refractivity contribution in [1.29, 1.82) is 0 Å². The van der Waals surface area contributed by atoms with Gasteiger partial charge in [-0.25, -0.2) is 4.72 Å². The van der Waals surface area contributed by atoms with Gasteiger partial charge in [-0.1, -0.05) is 0 Å². The van der Waals surface area contributed by atoms with Crippen LogP contribution >= 0.6 is 0 Å². The molecule has 0 atom stereocenters. The minimum atomic E-state index is -3.45. The van der Waals surface area contributed by atoms with E-state index in [1.165, 1.54) is 7.11 Å². The fourth-order valence-electron chi connectivity index (χ4n) is 0.610. The van der Waals surface area contributed by atoms with Gasteiger partial charge in [-0.3, -0.25) is 0 Å². The molecule has 0 aromatic heterocycles. The molecule has 0 bridgehead atoms. The second-order valence-electron chi connectivity index (χ2n) is 3.70. The fourth-order valence-corrected chi connectivity index (χ4v) is 1.63. The van der Waals surface area contributed by atoms with Crippen LogP contribution in [0.4, 0.5) is 0 Å². The molecule has 6 nitrogen and oxygen atoms in total. The first-order valence-corrected chi connectivity index (χ1v) is 5.77. The molecule has 0 unspecified atom stereocenters. The van der Waals surface area contributed by atoms with E-state index in [0.717, 1.165) is 0 Å². The summed E-state index contributed by atoms with van der Waals surface area (Å²) in [5, 5.41) is 0. The van der Waals surface area contributed by atoms with Crippen molar-refractivity contribution in [3.8, 4) is 0 Å². The van der Waals surface area contributed by atoms with E-state index in [-0.39, 0.29) is 13.1 Å². The Bertz CT molecular complexity index is 245. The molecule has 0 amide bonds. The highest BCUT2D eigenvalue weighted by Crippen LogP contribution is 1.93. The number of rotatable bonds is 7. The second kappa shape index (κ2) is 5.62. The molecule has 0 heterocycles. The Labute approximate surface area is 85.4 Å². The predicted molar refractivity (Wildman–Crippen MR) is 55.1 cm³/mol. The molecule has 14 heavy (non-hydrogen) atoms. The lowest BCUT2D eigenvalue weighted by molar-refractivity contribution is 0.204. The molecule has 0 aromatic carbocycles. The van der Waals surface area contributed by atoms with Gasteiger partial charge in [0, 0.05) is 25.7 Å². The van der Waals surface area contributed by atoms with Gasteiger partial charge in [-0.05, 0) is 13.8 Å². The van der Waals surface area contributed by atoms with E-state index in [1.54, 1.807) is 13.8 Å². The van der Waals surface area contributed by atoms with Gasteiger partial charge in [-0.2, -0.15) is 13.1 Å². The molecule has 0 saturated carbocycles. The Morgan fingerprint density at radius 2 is 1.93 bits per heavy atom. The minimum absolute atomic E-state index is 0.190. The van der Waals surface area contributed by atoms with Crippen molar-refractivity contribution in [3.05, 3.63) is 0 Å². The highest BCUT2D eigenvalue weighted by Gasteiger charge is 2.15. The van der Waals surface area contributed by atoms with Crippen LogP contribution in [0, 0.1) is 0 Å². The minimum Gasteiger partial charge on any atom is -0.383 e. The number of nitrogens with one attached hydrogen (secondary N) is 2. The van der Waals surface area contributed by atoms with Crippen LogP contribution in [0.25, 0.3) is 0 Å². The van der Waals surface area contributed by atoms with E-state index in [2.05, 4.69) is 9.44 Å². The van der Waals surface area contributed by atoms with Gasteiger partial charge in [0.1, 0.15) is 0 Å². The summed E-state index contributed by atoms with van der Waals surface area (Å²) in [5.74, 6) is 0. The molecule has 0 aliphatic carbocycles. The van der Waals surface area contributed by atoms with Crippen LogP contribution in [0.3, 0.4) is 0 Å². The Balaban J connectivity index is 3.85. The summed E-state index contributed by atoms with van der Waals surface area (Å²) < 4.78 is 31.8. The number of methoxy groups -OCH3 is 1. The highest BCUT2D eigenvalue weighted by molar-refractivity contribution is 7.87. The highest BCUT2D eigenvalue weighted by atomic mass is 32.2. The van der Waals surface area contributed by atoms with Gasteiger partial charge in [0.25, 0.3) is 10.2 Å². The molecule has 4 N–H and O–H groups in total. The van der Waals surface area contributed by atoms with Crippen LogP contribution in [0.15, 0.2) is 0 Å². The quantitative estimate of drug-likeness (QED) is 0.474. The van der Waals surface area contributed by atoms with Crippen molar-refractivity contribution in [3.63, 3.8) is 0 Å². The number of ether oxygens (including phenoxy) is 1. The van der Waals surface area contributed by atoms with Crippen LogP contribution in [-0.4, -0.2) is 40.8 Å². The first kappa shape index (κ1) is 13.8. The summed E-state index contributed by atoms with van der Waals surface area (Å²) in [6, 6.07) is 0. The first-order valence-electron chi connectivity index (χ1n) is 4.29. The molecular weight excluding hydrogens is 206 g/mol. The van der Waals surface area contributed by atoms with E-state index in [1.807, 2.05) is 0 Å². The summed E-state index contributed by atoms with van der Waals surface area (Å²) in [7, 11) is -1.94. The molecule has 86 valence electrons. The van der Waals surface area contributed by atoms with Crippen LogP contribution in [0.5, 0.6) is 0 Å². The molecule has 0 aliphatic rings. The predicted octanol–water partition coefficient (Wildman–Crippen LogP) is -1.21. The smallest absolute Gasteiger partial charge is 0.277 e. The fraction of sp³-hybridized carbons (Fsp3) is 1.00. The van der Waals surface area contributed by atoms with E-state index >= 15 is 0 Å². The lowest BCUT2D eigenvalue weighted by atomic mass is 10.1. The van der Waals surface area contributed by atoms with E-state index in [4.69, 9.17) is 10.5 Å². The Kier molecular flexibility index (Phi) is 5.53. The first-order chi connectivity index (χ1) is 6.27. The summed E-state index contributed by atoms with van der Waals surface area (Å²) in [6.45, 7) is 4.26. The van der Waals surface area contributed by atoms with Crippen LogP contribution in [-0.2, 0) is 14.9 Å². The monoisotopic (exact) mass is 225 g/mol. The van der Waals surface area contributed by atoms with Gasteiger partial charge >= 0.3 is 0 Å². The summed E-state index contributed by atoms with van der Waals surface area (Å²) >= 11 is 0. The van der Waals surface area contributed by atoms with Crippen molar-refractivity contribution in [2.75, 3.05) is 26.8 Å². The van der Waals surface area contributed by atoms with Crippen molar-refractivity contribution >= 4 is 10.2 Å². The molecule has 0 aliphatic heterocycles. The molecular formula is C7H19N3O3S. The molecule has 0 spiro atoms. The molecule has 0 rings (SSSR count). The number of hydrogen-bond acceptors (Lipinski definition) is 4. The summed E-state index contributed by atoms with van der Waals surface area (Å²) in [4.78, 5) is 0. The van der Waals surface area contributed by atoms with E-state index in [9.17, 15) is 8.42 Å². The molecule has 0 fully saturated rings. The Morgan fingerprint density at radius 3 is 2.36 bits per heavy atom. The number of nitrogens with two attached hydrogens (primary N) is 1. The largest absolute Gasteiger partial charge is 0.383 e. The van der Waals surface area contributed by atoms with Gasteiger partial charge < -0.3 is 10.5 Å². The lowest BCUT2D eigenvalue weighted by Gasteiger charge is -2.18. The maximum absolute atomic E-state index is 11.2. The van der Waals surface area contributed by atoms with E-state index < -0.39 is 15.7 Å². The van der Waals surface area contributed by atoms with Crippen LogP contribution in [0.1, 0.15) is 13.8 Å². The number of hydrogen-bond donors (Lipinski definition) is 3. The Morgan fingerprint density at radius 1 is 1.36 bits per heavy atom. The molecule has 0 radical (unpaired) electrons. The summed E-state index contributed by atoms with van der Waals surface area (Å²) in [6.07, 6.45) is 0. The average Bonchev–Trinajstić information content (AvgIpc) is 2.00. The third-order valence-corrected chi connectivity index (χ3v) is 2.42.